The number of hydrazine groups is 1. The third-order valence-corrected chi connectivity index (χ3v) is 2.37. The van der Waals surface area contributed by atoms with Gasteiger partial charge in [-0.15, -0.1) is 0 Å². The number of nitrogens with one attached hydrogen (secondary N) is 3. The minimum Gasteiger partial charge on any atom is -0.307 e. The molecule has 0 unspecified atom stereocenters. The smallest absolute Gasteiger partial charge is 0.307 e. The van der Waals surface area contributed by atoms with Gasteiger partial charge >= 0.3 is 6.03 Å². The molecule has 0 aliphatic heterocycles. The number of hydrogen-bond donors (Lipinski definition) is 3. The highest BCUT2D eigenvalue weighted by Gasteiger charge is 2.03. The average Bonchev–Trinajstić information content (AvgIpc) is 2.38. The Kier molecular flexibility index (Phi) is 4.09. The monoisotopic (exact) mass is 275 g/mol. The predicted molar refractivity (Wildman–Crippen MR) is 73.7 cm³/mol. The second-order valence-corrected chi connectivity index (χ2v) is 4.19. The van der Waals surface area contributed by atoms with E-state index in [9.17, 15) is 9.18 Å². The number of nitrogens with zero attached hydrogens (tertiary/aromatic N) is 2. The van der Waals surface area contributed by atoms with Crippen LogP contribution in [0, 0.1) is 19.7 Å². The molecule has 1 aromatic carbocycles. The number of hydrogen-bond acceptors (Lipinski definition) is 4. The lowest BCUT2D eigenvalue weighted by molar-refractivity contribution is 0.253. The Labute approximate surface area is 115 Å². The molecule has 104 valence electrons. The van der Waals surface area contributed by atoms with Gasteiger partial charge in [0.1, 0.15) is 5.82 Å². The summed E-state index contributed by atoms with van der Waals surface area (Å²) in [5.41, 5.74) is 7.06. The number of urea groups is 1. The summed E-state index contributed by atoms with van der Waals surface area (Å²) in [5.74, 6) is -0.0607. The van der Waals surface area contributed by atoms with Gasteiger partial charge in [-0.05, 0) is 44.2 Å². The Morgan fingerprint density at radius 3 is 2.30 bits per heavy atom. The summed E-state index contributed by atoms with van der Waals surface area (Å²) in [4.78, 5) is 19.8. The molecule has 0 radical (unpaired) electrons. The van der Waals surface area contributed by atoms with Gasteiger partial charge in [0.05, 0.1) is 0 Å². The van der Waals surface area contributed by atoms with Gasteiger partial charge in [0.25, 0.3) is 0 Å². The number of carbonyl (C=O) groups excluding carboxylic acids is 1. The van der Waals surface area contributed by atoms with Crippen LogP contribution in [0.2, 0.25) is 0 Å². The molecule has 6 nitrogen and oxygen atoms in total. The Balaban J connectivity index is 1.90. The van der Waals surface area contributed by atoms with Crippen LogP contribution in [0.25, 0.3) is 0 Å². The summed E-state index contributed by atoms with van der Waals surface area (Å²) in [6.45, 7) is 3.66. The molecule has 2 aromatic rings. The Morgan fingerprint density at radius 2 is 1.70 bits per heavy atom. The zero-order valence-electron chi connectivity index (χ0n) is 11.1. The summed E-state index contributed by atoms with van der Waals surface area (Å²) in [6, 6.07) is 6.76. The van der Waals surface area contributed by atoms with Crippen molar-refractivity contribution in [2.75, 3.05) is 10.7 Å². The van der Waals surface area contributed by atoms with E-state index in [2.05, 4.69) is 26.1 Å². The number of amides is 2. The van der Waals surface area contributed by atoms with E-state index in [4.69, 9.17) is 0 Å². The number of rotatable bonds is 3. The summed E-state index contributed by atoms with van der Waals surface area (Å²) < 4.78 is 12.7. The average molecular weight is 275 g/mol. The first-order valence-electron chi connectivity index (χ1n) is 5.94. The summed E-state index contributed by atoms with van der Waals surface area (Å²) in [6.07, 6.45) is 0. The lowest BCUT2D eigenvalue weighted by Gasteiger charge is -2.09. The van der Waals surface area contributed by atoms with Crippen LogP contribution in [0.3, 0.4) is 0 Å². The minimum atomic E-state index is -0.501. The summed E-state index contributed by atoms with van der Waals surface area (Å²) in [5, 5.41) is 2.53. The predicted octanol–water partition coefficient (Wildman–Crippen LogP) is 2.38. The molecule has 1 aromatic heterocycles. The van der Waals surface area contributed by atoms with E-state index in [0.29, 0.717) is 11.6 Å². The molecule has 2 rings (SSSR count). The van der Waals surface area contributed by atoms with Crippen molar-refractivity contribution in [1.82, 2.24) is 15.4 Å². The molecular formula is C13H14FN5O. The van der Waals surface area contributed by atoms with Crippen molar-refractivity contribution in [3.63, 3.8) is 0 Å². The molecule has 2 amide bonds. The van der Waals surface area contributed by atoms with Crippen molar-refractivity contribution < 1.29 is 9.18 Å². The largest absolute Gasteiger partial charge is 0.337 e. The molecule has 7 heteroatoms. The van der Waals surface area contributed by atoms with Crippen LogP contribution in [-0.2, 0) is 0 Å². The van der Waals surface area contributed by atoms with Crippen molar-refractivity contribution in [1.29, 1.82) is 0 Å². The number of benzene rings is 1. The van der Waals surface area contributed by atoms with Crippen LogP contribution in [-0.4, -0.2) is 16.0 Å². The highest BCUT2D eigenvalue weighted by molar-refractivity contribution is 5.89. The lowest BCUT2D eigenvalue weighted by atomic mass is 10.3. The Bertz CT molecular complexity index is 594. The maximum Gasteiger partial charge on any atom is 0.337 e. The number of carbonyl (C=O) groups is 1. The summed E-state index contributed by atoms with van der Waals surface area (Å²) in [7, 11) is 0. The highest BCUT2D eigenvalue weighted by Crippen LogP contribution is 2.08. The second kappa shape index (κ2) is 5.96. The van der Waals surface area contributed by atoms with Crippen LogP contribution in [0.4, 0.5) is 20.8 Å². The van der Waals surface area contributed by atoms with Gasteiger partial charge in [-0.2, -0.15) is 0 Å². The fraction of sp³-hybridized carbons (Fsp3) is 0.154. The van der Waals surface area contributed by atoms with Gasteiger partial charge in [-0.25, -0.2) is 24.6 Å². The van der Waals surface area contributed by atoms with Crippen LogP contribution < -0.4 is 16.2 Å². The van der Waals surface area contributed by atoms with E-state index in [1.165, 1.54) is 24.3 Å². The van der Waals surface area contributed by atoms with Crippen molar-refractivity contribution in [2.45, 2.75) is 13.8 Å². The van der Waals surface area contributed by atoms with E-state index in [1.54, 1.807) is 0 Å². The van der Waals surface area contributed by atoms with E-state index in [0.717, 1.165) is 11.4 Å². The number of anilines is 2. The third kappa shape index (κ3) is 3.91. The fourth-order valence-corrected chi connectivity index (χ4v) is 1.59. The second-order valence-electron chi connectivity index (χ2n) is 4.19. The van der Waals surface area contributed by atoms with E-state index in [1.807, 2.05) is 19.9 Å². The summed E-state index contributed by atoms with van der Waals surface area (Å²) >= 11 is 0. The van der Waals surface area contributed by atoms with Gasteiger partial charge in [-0.1, -0.05) is 0 Å². The first-order chi connectivity index (χ1) is 9.52. The molecule has 20 heavy (non-hydrogen) atoms. The fourth-order valence-electron chi connectivity index (χ4n) is 1.59. The Hall–Kier alpha value is -2.70. The molecule has 0 saturated heterocycles. The molecular weight excluding hydrogens is 261 g/mol. The van der Waals surface area contributed by atoms with Crippen LogP contribution in [0.1, 0.15) is 11.4 Å². The van der Waals surface area contributed by atoms with Crippen molar-refractivity contribution in [3.8, 4) is 0 Å². The van der Waals surface area contributed by atoms with Gasteiger partial charge in [0, 0.05) is 17.1 Å². The quantitative estimate of drug-likeness (QED) is 0.751. The molecule has 0 aliphatic rings. The molecule has 0 saturated carbocycles. The number of aromatic nitrogens is 2. The SMILES string of the molecule is Cc1cc(C)nc(NNC(=O)Nc2ccc(F)cc2)n1. The minimum absolute atomic E-state index is 0.303. The molecule has 0 aliphatic carbocycles. The maximum absolute atomic E-state index is 12.7. The normalized spacial score (nSPS) is 9.95. The lowest BCUT2D eigenvalue weighted by Crippen LogP contribution is -2.34. The topological polar surface area (TPSA) is 78.9 Å². The van der Waals surface area contributed by atoms with Crippen LogP contribution in [0.15, 0.2) is 30.3 Å². The first-order valence-corrected chi connectivity index (χ1v) is 5.94. The molecule has 1 heterocycles. The van der Waals surface area contributed by atoms with E-state index in [-0.39, 0.29) is 5.82 Å². The van der Waals surface area contributed by atoms with Gasteiger partial charge in [0.2, 0.25) is 5.95 Å². The molecule has 3 N–H and O–H groups in total. The van der Waals surface area contributed by atoms with Gasteiger partial charge in [0.15, 0.2) is 0 Å². The molecule has 0 fully saturated rings. The maximum atomic E-state index is 12.7. The highest BCUT2D eigenvalue weighted by atomic mass is 19.1. The van der Waals surface area contributed by atoms with E-state index >= 15 is 0 Å². The molecule has 0 atom stereocenters. The van der Waals surface area contributed by atoms with Crippen molar-refractivity contribution in [2.24, 2.45) is 0 Å². The number of aryl methyl sites for hydroxylation is 2. The van der Waals surface area contributed by atoms with E-state index < -0.39 is 6.03 Å². The number of halogens is 1. The van der Waals surface area contributed by atoms with Crippen LogP contribution >= 0.6 is 0 Å². The van der Waals surface area contributed by atoms with Crippen molar-refractivity contribution in [3.05, 3.63) is 47.5 Å². The molecule has 0 spiro atoms. The first kappa shape index (κ1) is 13.7. The standard InChI is InChI=1S/C13H14FN5O/c1-8-7-9(2)16-12(15-8)18-19-13(20)17-11-5-3-10(14)4-6-11/h3-7H,1-2H3,(H,15,16,18)(H2,17,19,20). The molecule has 0 bridgehead atoms. The zero-order chi connectivity index (χ0) is 14.5. The Morgan fingerprint density at radius 1 is 1.10 bits per heavy atom. The third-order valence-electron chi connectivity index (χ3n) is 2.37. The zero-order valence-corrected chi connectivity index (χ0v) is 11.1. The van der Waals surface area contributed by atoms with Crippen molar-refractivity contribution >= 4 is 17.7 Å². The van der Waals surface area contributed by atoms with Gasteiger partial charge < -0.3 is 5.32 Å². The van der Waals surface area contributed by atoms with Gasteiger partial charge in [-0.3, -0.25) is 5.43 Å². The van der Waals surface area contributed by atoms with Crippen LogP contribution in [0.5, 0.6) is 0 Å².